The maximum absolute atomic E-state index is 3.70. The van der Waals surface area contributed by atoms with Crippen LogP contribution >= 0.6 is 0 Å². The molecule has 1 atom stereocenters. The normalized spacial score (nSPS) is 30.3. The van der Waals surface area contributed by atoms with Gasteiger partial charge in [-0.2, -0.15) is 0 Å². The average molecular weight is 265 g/mol. The van der Waals surface area contributed by atoms with Crippen LogP contribution in [0.2, 0.25) is 0 Å². The van der Waals surface area contributed by atoms with Crippen LogP contribution in [0.3, 0.4) is 0 Å². The van der Waals surface area contributed by atoms with E-state index in [2.05, 4.69) is 29.0 Å². The molecule has 0 aromatic heterocycles. The molecule has 1 aliphatic carbocycles. The van der Waals surface area contributed by atoms with Crippen LogP contribution in [0, 0.1) is 5.41 Å². The largest absolute Gasteiger partial charge is 0.313 e. The third-order valence-corrected chi connectivity index (χ3v) is 5.00. The van der Waals surface area contributed by atoms with E-state index in [1.807, 2.05) is 0 Å². The first-order valence-electron chi connectivity index (χ1n) is 8.32. The molecule has 0 aromatic carbocycles. The maximum Gasteiger partial charge on any atom is 0.0235 e. The second-order valence-electron chi connectivity index (χ2n) is 7.74. The second kappa shape index (κ2) is 5.71. The van der Waals surface area contributed by atoms with E-state index in [0.717, 1.165) is 12.1 Å². The number of hydrogen-bond acceptors (Lipinski definition) is 3. The Bertz CT molecular complexity index is 292. The van der Waals surface area contributed by atoms with Crippen molar-refractivity contribution >= 4 is 0 Å². The van der Waals surface area contributed by atoms with Gasteiger partial charge in [-0.15, -0.1) is 0 Å². The highest BCUT2D eigenvalue weighted by molar-refractivity contribution is 4.89. The molecule has 2 heterocycles. The molecule has 0 aromatic rings. The van der Waals surface area contributed by atoms with E-state index in [4.69, 9.17) is 0 Å². The van der Waals surface area contributed by atoms with Gasteiger partial charge in [-0.05, 0) is 57.2 Å². The number of likely N-dealkylation sites (tertiary alicyclic amines) is 2. The van der Waals surface area contributed by atoms with Crippen molar-refractivity contribution in [1.29, 1.82) is 0 Å². The van der Waals surface area contributed by atoms with Gasteiger partial charge in [0.05, 0.1) is 0 Å². The lowest BCUT2D eigenvalue weighted by atomic mass is 9.92. The summed E-state index contributed by atoms with van der Waals surface area (Å²) in [5, 5.41) is 3.70. The zero-order valence-electron chi connectivity index (χ0n) is 12.8. The first kappa shape index (κ1) is 13.8. The predicted molar refractivity (Wildman–Crippen MR) is 80.5 cm³/mol. The molecule has 3 heteroatoms. The van der Waals surface area contributed by atoms with Crippen LogP contribution in [0.15, 0.2) is 0 Å². The van der Waals surface area contributed by atoms with Crippen molar-refractivity contribution < 1.29 is 0 Å². The van der Waals surface area contributed by atoms with Gasteiger partial charge in [0.25, 0.3) is 0 Å². The molecule has 3 aliphatic rings. The molecule has 3 nitrogen and oxygen atoms in total. The summed E-state index contributed by atoms with van der Waals surface area (Å²) >= 11 is 0. The molecule has 3 rings (SSSR count). The zero-order valence-corrected chi connectivity index (χ0v) is 12.8. The molecule has 1 unspecified atom stereocenters. The topological polar surface area (TPSA) is 18.5 Å². The monoisotopic (exact) mass is 265 g/mol. The predicted octanol–water partition coefficient (Wildman–Crippen LogP) is 1.93. The maximum atomic E-state index is 3.70. The molecule has 19 heavy (non-hydrogen) atoms. The van der Waals surface area contributed by atoms with Gasteiger partial charge in [-0.1, -0.05) is 13.8 Å². The summed E-state index contributed by atoms with van der Waals surface area (Å²) in [4.78, 5) is 5.44. The van der Waals surface area contributed by atoms with Crippen LogP contribution in [-0.4, -0.2) is 61.2 Å². The minimum Gasteiger partial charge on any atom is -0.313 e. The Morgan fingerprint density at radius 2 is 1.79 bits per heavy atom. The van der Waals surface area contributed by atoms with Crippen molar-refractivity contribution in [1.82, 2.24) is 15.1 Å². The van der Waals surface area contributed by atoms with Gasteiger partial charge in [-0.25, -0.2) is 0 Å². The van der Waals surface area contributed by atoms with E-state index in [1.165, 1.54) is 71.4 Å². The average Bonchev–Trinajstić information content (AvgIpc) is 2.85. The van der Waals surface area contributed by atoms with E-state index < -0.39 is 0 Å². The molecule has 3 fully saturated rings. The van der Waals surface area contributed by atoms with E-state index in [9.17, 15) is 0 Å². The summed E-state index contributed by atoms with van der Waals surface area (Å²) in [6.45, 7) is 12.6. The minimum absolute atomic E-state index is 0.419. The quantitative estimate of drug-likeness (QED) is 0.792. The summed E-state index contributed by atoms with van der Waals surface area (Å²) in [6, 6.07) is 1.70. The molecule has 0 bridgehead atoms. The summed E-state index contributed by atoms with van der Waals surface area (Å²) in [5.74, 6) is 0. The first-order valence-corrected chi connectivity index (χ1v) is 8.32. The minimum atomic E-state index is 0.419. The standard InChI is InChI=1S/C16H31N3/c1-16(2,12-17-14-5-6-14)13-18-10-7-15(11-18)19-8-3-4-9-19/h14-15,17H,3-13H2,1-2H3. The number of hydrogen-bond donors (Lipinski definition) is 1. The Balaban J connectivity index is 1.42. The summed E-state index contributed by atoms with van der Waals surface area (Å²) in [6.07, 6.45) is 7.04. The van der Waals surface area contributed by atoms with Gasteiger partial charge in [0, 0.05) is 31.7 Å². The van der Waals surface area contributed by atoms with Crippen LogP contribution in [0.1, 0.15) is 46.0 Å². The molecule has 1 saturated carbocycles. The third-order valence-electron chi connectivity index (χ3n) is 5.00. The summed E-state index contributed by atoms with van der Waals surface area (Å²) in [7, 11) is 0. The number of nitrogens with zero attached hydrogens (tertiary/aromatic N) is 2. The van der Waals surface area contributed by atoms with Gasteiger partial charge in [-0.3, -0.25) is 4.90 Å². The first-order chi connectivity index (χ1) is 9.12. The van der Waals surface area contributed by atoms with Crippen molar-refractivity contribution in [3.05, 3.63) is 0 Å². The van der Waals surface area contributed by atoms with E-state index in [-0.39, 0.29) is 0 Å². The van der Waals surface area contributed by atoms with Crippen LogP contribution in [0.25, 0.3) is 0 Å². The fraction of sp³-hybridized carbons (Fsp3) is 1.00. The van der Waals surface area contributed by atoms with Crippen LogP contribution in [-0.2, 0) is 0 Å². The highest BCUT2D eigenvalue weighted by atomic mass is 15.3. The lowest BCUT2D eigenvalue weighted by Gasteiger charge is -2.31. The van der Waals surface area contributed by atoms with Crippen molar-refractivity contribution in [3.63, 3.8) is 0 Å². The Morgan fingerprint density at radius 3 is 2.47 bits per heavy atom. The van der Waals surface area contributed by atoms with Crippen LogP contribution in [0.4, 0.5) is 0 Å². The summed E-state index contributed by atoms with van der Waals surface area (Å²) in [5.41, 5.74) is 0.419. The SMILES string of the molecule is CC(C)(CNC1CC1)CN1CCC(N2CCCC2)C1. The zero-order chi connectivity index (χ0) is 13.3. The molecule has 2 saturated heterocycles. The molecule has 0 spiro atoms. The van der Waals surface area contributed by atoms with Crippen LogP contribution in [0.5, 0.6) is 0 Å². The van der Waals surface area contributed by atoms with Crippen molar-refractivity contribution in [3.8, 4) is 0 Å². The molecule has 1 N–H and O–H groups in total. The van der Waals surface area contributed by atoms with Gasteiger partial charge < -0.3 is 10.2 Å². The van der Waals surface area contributed by atoms with E-state index >= 15 is 0 Å². The number of rotatable bonds is 6. The van der Waals surface area contributed by atoms with E-state index in [1.54, 1.807) is 0 Å². The van der Waals surface area contributed by atoms with Crippen LogP contribution < -0.4 is 5.32 Å². The fourth-order valence-electron chi connectivity index (χ4n) is 3.73. The fourth-order valence-corrected chi connectivity index (χ4v) is 3.73. The second-order valence-corrected chi connectivity index (χ2v) is 7.74. The Kier molecular flexibility index (Phi) is 4.16. The van der Waals surface area contributed by atoms with Crippen molar-refractivity contribution in [2.24, 2.45) is 5.41 Å². The lowest BCUT2D eigenvalue weighted by molar-refractivity contribution is 0.181. The van der Waals surface area contributed by atoms with Gasteiger partial charge in [0.2, 0.25) is 0 Å². The third kappa shape index (κ3) is 3.93. The lowest BCUT2D eigenvalue weighted by Crippen LogP contribution is -2.42. The number of nitrogens with one attached hydrogen (secondary N) is 1. The molecular formula is C16H31N3. The van der Waals surface area contributed by atoms with Gasteiger partial charge >= 0.3 is 0 Å². The van der Waals surface area contributed by atoms with Gasteiger partial charge in [0.1, 0.15) is 0 Å². The highest BCUT2D eigenvalue weighted by Gasteiger charge is 2.32. The smallest absolute Gasteiger partial charge is 0.0235 e. The Hall–Kier alpha value is -0.120. The molecule has 110 valence electrons. The molecule has 0 amide bonds. The van der Waals surface area contributed by atoms with E-state index in [0.29, 0.717) is 5.41 Å². The summed E-state index contributed by atoms with van der Waals surface area (Å²) < 4.78 is 0. The van der Waals surface area contributed by atoms with Gasteiger partial charge in [0.15, 0.2) is 0 Å². The molecule has 0 radical (unpaired) electrons. The molecular weight excluding hydrogens is 234 g/mol. The Morgan fingerprint density at radius 1 is 1.05 bits per heavy atom. The highest BCUT2D eigenvalue weighted by Crippen LogP contribution is 2.26. The Labute approximate surface area is 118 Å². The molecule has 2 aliphatic heterocycles. The van der Waals surface area contributed by atoms with Crippen molar-refractivity contribution in [2.75, 3.05) is 39.3 Å². The van der Waals surface area contributed by atoms with Crippen molar-refractivity contribution in [2.45, 2.75) is 58.0 Å².